The lowest BCUT2D eigenvalue weighted by Gasteiger charge is -2.15. The second kappa shape index (κ2) is 6.03. The van der Waals surface area contributed by atoms with Crippen molar-refractivity contribution in [1.82, 2.24) is 0 Å². The molecule has 0 saturated carbocycles. The molecule has 15 heavy (non-hydrogen) atoms. The number of alkyl halides is 1. The SMILES string of the molecule is CSC(C)C(Cl)C(=O)Nc1ccccc1. The molecule has 2 nitrogen and oxygen atoms in total. The van der Waals surface area contributed by atoms with E-state index in [0.717, 1.165) is 5.69 Å². The minimum absolute atomic E-state index is 0.107. The van der Waals surface area contributed by atoms with Gasteiger partial charge in [0.1, 0.15) is 5.38 Å². The monoisotopic (exact) mass is 243 g/mol. The maximum atomic E-state index is 11.7. The fourth-order valence-electron chi connectivity index (χ4n) is 1.07. The number of benzene rings is 1. The molecule has 1 N–H and O–H groups in total. The van der Waals surface area contributed by atoms with Crippen LogP contribution in [0.25, 0.3) is 0 Å². The van der Waals surface area contributed by atoms with Crippen molar-refractivity contribution in [2.45, 2.75) is 17.6 Å². The Balaban J connectivity index is 2.56. The first-order valence-corrected chi connectivity index (χ1v) is 6.40. The first-order valence-electron chi connectivity index (χ1n) is 4.68. The van der Waals surface area contributed by atoms with E-state index in [1.807, 2.05) is 43.5 Å². The molecule has 0 heterocycles. The lowest BCUT2D eigenvalue weighted by molar-refractivity contribution is -0.115. The number of para-hydroxylation sites is 1. The quantitative estimate of drug-likeness (QED) is 0.824. The molecule has 0 aliphatic carbocycles. The van der Waals surface area contributed by atoms with Crippen LogP contribution in [0.1, 0.15) is 6.92 Å². The van der Waals surface area contributed by atoms with E-state index in [1.165, 1.54) is 0 Å². The van der Waals surface area contributed by atoms with Crippen LogP contribution in [-0.2, 0) is 4.79 Å². The first kappa shape index (κ1) is 12.4. The van der Waals surface area contributed by atoms with Crippen molar-refractivity contribution in [3.05, 3.63) is 30.3 Å². The van der Waals surface area contributed by atoms with Crippen LogP contribution in [-0.4, -0.2) is 22.8 Å². The van der Waals surface area contributed by atoms with Gasteiger partial charge in [-0.25, -0.2) is 0 Å². The molecule has 1 aromatic rings. The Morgan fingerprint density at radius 1 is 1.40 bits per heavy atom. The zero-order chi connectivity index (χ0) is 11.3. The Bertz CT molecular complexity index is 318. The molecule has 1 aromatic carbocycles. The minimum atomic E-state index is -0.500. The molecule has 0 saturated heterocycles. The molecular formula is C11H14ClNOS. The highest BCUT2D eigenvalue weighted by molar-refractivity contribution is 7.99. The zero-order valence-corrected chi connectivity index (χ0v) is 10.3. The third-order valence-corrected chi connectivity index (χ3v) is 3.82. The normalized spacial score (nSPS) is 14.3. The van der Waals surface area contributed by atoms with Gasteiger partial charge in [0, 0.05) is 10.9 Å². The second-order valence-electron chi connectivity index (χ2n) is 3.20. The fraction of sp³-hybridized carbons (Fsp3) is 0.364. The highest BCUT2D eigenvalue weighted by Crippen LogP contribution is 2.17. The van der Waals surface area contributed by atoms with E-state index in [2.05, 4.69) is 5.32 Å². The summed E-state index contributed by atoms with van der Waals surface area (Å²) in [5.74, 6) is -0.148. The third-order valence-electron chi connectivity index (χ3n) is 2.08. The molecule has 4 heteroatoms. The molecule has 0 radical (unpaired) electrons. The summed E-state index contributed by atoms with van der Waals surface area (Å²) >= 11 is 7.58. The minimum Gasteiger partial charge on any atom is -0.325 e. The van der Waals surface area contributed by atoms with E-state index in [4.69, 9.17) is 11.6 Å². The molecule has 82 valence electrons. The van der Waals surface area contributed by atoms with E-state index in [9.17, 15) is 4.79 Å². The maximum Gasteiger partial charge on any atom is 0.243 e. The molecular weight excluding hydrogens is 230 g/mol. The number of amides is 1. The smallest absolute Gasteiger partial charge is 0.243 e. The number of halogens is 1. The number of hydrogen-bond donors (Lipinski definition) is 1. The van der Waals surface area contributed by atoms with Crippen LogP contribution < -0.4 is 5.32 Å². The third kappa shape index (κ3) is 3.76. The molecule has 0 aliphatic heterocycles. The van der Waals surface area contributed by atoms with Gasteiger partial charge >= 0.3 is 0 Å². The van der Waals surface area contributed by atoms with Crippen molar-refractivity contribution in [3.8, 4) is 0 Å². The van der Waals surface area contributed by atoms with Gasteiger partial charge in [0.2, 0.25) is 5.91 Å². The summed E-state index contributed by atoms with van der Waals surface area (Å²) in [6.07, 6.45) is 1.94. The topological polar surface area (TPSA) is 29.1 Å². The van der Waals surface area contributed by atoms with Crippen molar-refractivity contribution < 1.29 is 4.79 Å². The molecule has 2 atom stereocenters. The number of rotatable bonds is 4. The molecule has 0 aromatic heterocycles. The molecule has 0 aliphatic rings. The lowest BCUT2D eigenvalue weighted by atomic mass is 10.2. The summed E-state index contributed by atoms with van der Waals surface area (Å²) in [6, 6.07) is 9.32. The van der Waals surface area contributed by atoms with Crippen molar-refractivity contribution in [2.24, 2.45) is 0 Å². The number of thioether (sulfide) groups is 1. The van der Waals surface area contributed by atoms with Crippen LogP contribution in [0, 0.1) is 0 Å². The summed E-state index contributed by atoms with van der Waals surface area (Å²) < 4.78 is 0. The fourth-order valence-corrected chi connectivity index (χ4v) is 1.79. The summed E-state index contributed by atoms with van der Waals surface area (Å²) in [6.45, 7) is 1.94. The van der Waals surface area contributed by atoms with Gasteiger partial charge in [-0.15, -0.1) is 11.6 Å². The maximum absolute atomic E-state index is 11.7. The van der Waals surface area contributed by atoms with E-state index in [-0.39, 0.29) is 11.2 Å². The lowest BCUT2D eigenvalue weighted by Crippen LogP contribution is -2.30. The molecule has 1 rings (SSSR count). The zero-order valence-electron chi connectivity index (χ0n) is 8.74. The highest BCUT2D eigenvalue weighted by Gasteiger charge is 2.21. The van der Waals surface area contributed by atoms with E-state index in [0.29, 0.717) is 0 Å². The molecule has 0 fully saturated rings. The van der Waals surface area contributed by atoms with Crippen LogP contribution >= 0.6 is 23.4 Å². The standard InChI is InChI=1S/C11H14ClNOS/c1-8(15-2)10(12)11(14)13-9-6-4-3-5-7-9/h3-8,10H,1-2H3,(H,13,14). The van der Waals surface area contributed by atoms with Gasteiger partial charge in [-0.1, -0.05) is 25.1 Å². The van der Waals surface area contributed by atoms with Gasteiger partial charge in [0.05, 0.1) is 0 Å². The molecule has 1 amide bonds. The largest absolute Gasteiger partial charge is 0.325 e. The van der Waals surface area contributed by atoms with Crippen LogP contribution in [0.5, 0.6) is 0 Å². The number of carbonyl (C=O) groups is 1. The van der Waals surface area contributed by atoms with Gasteiger partial charge in [-0.2, -0.15) is 11.8 Å². The number of hydrogen-bond acceptors (Lipinski definition) is 2. The van der Waals surface area contributed by atoms with Crippen LogP contribution in [0.3, 0.4) is 0 Å². The van der Waals surface area contributed by atoms with Crippen molar-refractivity contribution in [2.75, 3.05) is 11.6 Å². The van der Waals surface area contributed by atoms with Crippen molar-refractivity contribution in [3.63, 3.8) is 0 Å². The van der Waals surface area contributed by atoms with E-state index < -0.39 is 5.38 Å². The Morgan fingerprint density at radius 3 is 2.53 bits per heavy atom. The van der Waals surface area contributed by atoms with Gasteiger partial charge < -0.3 is 5.32 Å². The van der Waals surface area contributed by atoms with Crippen molar-refractivity contribution in [1.29, 1.82) is 0 Å². The first-order chi connectivity index (χ1) is 7.15. The molecule has 2 unspecified atom stereocenters. The average molecular weight is 244 g/mol. The Kier molecular flexibility index (Phi) is 4.99. The number of carbonyl (C=O) groups excluding carboxylic acids is 1. The summed E-state index contributed by atoms with van der Waals surface area (Å²) in [5.41, 5.74) is 0.779. The number of nitrogens with one attached hydrogen (secondary N) is 1. The molecule has 0 bridgehead atoms. The average Bonchev–Trinajstić information content (AvgIpc) is 2.28. The van der Waals surface area contributed by atoms with E-state index >= 15 is 0 Å². The summed E-state index contributed by atoms with van der Waals surface area (Å²) in [7, 11) is 0. The van der Waals surface area contributed by atoms with Crippen LogP contribution in [0.2, 0.25) is 0 Å². The van der Waals surface area contributed by atoms with Gasteiger partial charge in [0.15, 0.2) is 0 Å². The van der Waals surface area contributed by atoms with Crippen molar-refractivity contribution >= 4 is 35.0 Å². The predicted molar refractivity (Wildman–Crippen MR) is 67.7 cm³/mol. The Hall–Kier alpha value is -0.670. The van der Waals surface area contributed by atoms with Gasteiger partial charge in [-0.3, -0.25) is 4.79 Å². The predicted octanol–water partition coefficient (Wildman–Crippen LogP) is 2.98. The van der Waals surface area contributed by atoms with Crippen LogP contribution in [0.4, 0.5) is 5.69 Å². The Morgan fingerprint density at radius 2 is 2.00 bits per heavy atom. The highest BCUT2D eigenvalue weighted by atomic mass is 35.5. The summed E-state index contributed by atoms with van der Waals surface area (Å²) in [5, 5.41) is 2.38. The Labute approximate surface area is 99.4 Å². The number of anilines is 1. The second-order valence-corrected chi connectivity index (χ2v) is 4.88. The summed E-state index contributed by atoms with van der Waals surface area (Å²) in [4.78, 5) is 11.7. The van der Waals surface area contributed by atoms with Gasteiger partial charge in [-0.05, 0) is 18.4 Å². The molecule has 0 spiro atoms. The van der Waals surface area contributed by atoms with Gasteiger partial charge in [0.25, 0.3) is 0 Å². The van der Waals surface area contributed by atoms with E-state index in [1.54, 1.807) is 11.8 Å². The van der Waals surface area contributed by atoms with Crippen LogP contribution in [0.15, 0.2) is 30.3 Å².